The van der Waals surface area contributed by atoms with Gasteiger partial charge in [-0.25, -0.2) is 0 Å². The highest BCUT2D eigenvalue weighted by Gasteiger charge is 1.98. The lowest BCUT2D eigenvalue weighted by atomic mass is 10.2. The van der Waals surface area contributed by atoms with Gasteiger partial charge in [0.05, 0.1) is 5.55 Å². The van der Waals surface area contributed by atoms with Crippen molar-refractivity contribution in [2.45, 2.75) is 20.8 Å². The maximum absolute atomic E-state index is 10.7. The third-order valence-electron chi connectivity index (χ3n) is 1.32. The Morgan fingerprint density at radius 3 is 2.20 bits per heavy atom. The lowest BCUT2D eigenvalue weighted by Gasteiger charge is -1.95. The third kappa shape index (κ3) is 2.82. The van der Waals surface area contributed by atoms with Gasteiger partial charge in [-0.1, -0.05) is 0 Å². The van der Waals surface area contributed by atoms with Crippen molar-refractivity contribution in [3.05, 3.63) is 11.3 Å². The van der Waals surface area contributed by atoms with E-state index in [1.54, 1.807) is 13.8 Å². The smallest absolute Gasteiger partial charge is 0.157 e. The van der Waals surface area contributed by atoms with Crippen molar-refractivity contribution in [2.75, 3.05) is 0 Å². The molecule has 3 heteroatoms. The number of allylic oxidation sites excluding steroid dienone is 2. The first-order valence-electron chi connectivity index (χ1n) is 2.94. The van der Waals surface area contributed by atoms with Crippen LogP contribution >= 0.6 is 12.6 Å². The first-order valence-corrected chi connectivity index (χ1v) is 3.46. The fourth-order valence-electron chi connectivity index (χ4n) is 0.438. The second kappa shape index (κ2) is 4.28. The number of nitrogens with zero attached hydrogens (tertiary/aromatic N) is 1. The van der Waals surface area contributed by atoms with Crippen molar-refractivity contribution >= 4 is 24.0 Å². The molecule has 0 unspecified atom stereocenters. The van der Waals surface area contributed by atoms with Crippen LogP contribution in [0.3, 0.4) is 0 Å². The van der Waals surface area contributed by atoms with Gasteiger partial charge >= 0.3 is 0 Å². The molecule has 2 nitrogen and oxygen atoms in total. The molecule has 0 bridgehead atoms. The highest BCUT2D eigenvalue weighted by molar-refractivity contribution is 7.94. The van der Waals surface area contributed by atoms with Crippen LogP contribution < -0.4 is 0 Å². The SMILES string of the molecule is CC(=O)/C(C)=C(C)/N=C\S. The van der Waals surface area contributed by atoms with Gasteiger partial charge in [-0.05, 0) is 20.8 Å². The molecule has 0 saturated heterocycles. The minimum Gasteiger partial charge on any atom is -0.295 e. The van der Waals surface area contributed by atoms with E-state index < -0.39 is 0 Å². The van der Waals surface area contributed by atoms with Crippen molar-refractivity contribution in [3.8, 4) is 0 Å². The number of thiol groups is 1. The molecule has 0 amide bonds. The zero-order chi connectivity index (χ0) is 8.15. The van der Waals surface area contributed by atoms with Crippen LogP contribution in [0.15, 0.2) is 16.3 Å². The molecule has 0 aliphatic heterocycles. The van der Waals surface area contributed by atoms with E-state index >= 15 is 0 Å². The van der Waals surface area contributed by atoms with E-state index in [4.69, 9.17) is 0 Å². The topological polar surface area (TPSA) is 29.4 Å². The van der Waals surface area contributed by atoms with E-state index in [-0.39, 0.29) is 5.78 Å². The Hall–Kier alpha value is -0.570. The average molecular weight is 157 g/mol. The van der Waals surface area contributed by atoms with Gasteiger partial charge in [0.25, 0.3) is 0 Å². The number of hydrogen-bond acceptors (Lipinski definition) is 2. The van der Waals surface area contributed by atoms with Crippen LogP contribution in [0.5, 0.6) is 0 Å². The number of hydrogen-bond donors (Lipinski definition) is 1. The number of carbonyl (C=O) groups is 1. The van der Waals surface area contributed by atoms with Gasteiger partial charge in [0.1, 0.15) is 0 Å². The van der Waals surface area contributed by atoms with Crippen LogP contribution in [0.4, 0.5) is 0 Å². The van der Waals surface area contributed by atoms with Gasteiger partial charge < -0.3 is 0 Å². The van der Waals surface area contributed by atoms with E-state index in [9.17, 15) is 4.79 Å². The second-order valence-electron chi connectivity index (χ2n) is 2.01. The zero-order valence-electron chi connectivity index (χ0n) is 6.38. The van der Waals surface area contributed by atoms with Gasteiger partial charge in [-0.2, -0.15) is 0 Å². The van der Waals surface area contributed by atoms with E-state index in [2.05, 4.69) is 17.6 Å². The molecule has 0 N–H and O–H groups in total. The summed E-state index contributed by atoms with van der Waals surface area (Å²) in [5, 5.41) is 0. The largest absolute Gasteiger partial charge is 0.295 e. The first kappa shape index (κ1) is 9.43. The molecular weight excluding hydrogens is 146 g/mol. The number of Topliss-reactive ketones (excluding diaryl/α,β-unsaturated/α-hetero) is 1. The second-order valence-corrected chi connectivity index (χ2v) is 2.24. The molecule has 56 valence electrons. The maximum Gasteiger partial charge on any atom is 0.157 e. The predicted molar refractivity (Wildman–Crippen MR) is 46.5 cm³/mol. The minimum atomic E-state index is 0.0523. The number of rotatable bonds is 2. The average Bonchev–Trinajstić information content (AvgIpc) is 1.87. The number of ketones is 1. The molecule has 0 fully saturated rings. The fourth-order valence-corrected chi connectivity index (χ4v) is 0.611. The van der Waals surface area contributed by atoms with Crippen LogP contribution in [0.2, 0.25) is 0 Å². The Balaban J connectivity index is 4.50. The lowest BCUT2D eigenvalue weighted by molar-refractivity contribution is -0.113. The molecule has 0 heterocycles. The van der Waals surface area contributed by atoms with Crippen molar-refractivity contribution in [1.29, 1.82) is 0 Å². The molecule has 0 aliphatic rings. The highest BCUT2D eigenvalue weighted by Crippen LogP contribution is 2.04. The van der Waals surface area contributed by atoms with Crippen LogP contribution in [-0.4, -0.2) is 11.3 Å². The summed E-state index contributed by atoms with van der Waals surface area (Å²) in [5.41, 5.74) is 2.79. The standard InChI is InChI=1S/C7H11NOS/c1-5(7(3)9)6(2)8-4-10/h4H,1-3H3,(H,8,10)/b6-5+. The van der Waals surface area contributed by atoms with Crippen molar-refractivity contribution in [3.63, 3.8) is 0 Å². The zero-order valence-corrected chi connectivity index (χ0v) is 7.27. The maximum atomic E-state index is 10.7. The molecule has 10 heavy (non-hydrogen) atoms. The summed E-state index contributed by atoms with van der Waals surface area (Å²) in [4.78, 5) is 14.5. The summed E-state index contributed by atoms with van der Waals surface area (Å²) >= 11 is 3.79. The van der Waals surface area contributed by atoms with E-state index in [0.29, 0.717) is 5.57 Å². The van der Waals surface area contributed by atoms with Gasteiger partial charge in [0.15, 0.2) is 5.78 Å². The molecule has 0 aliphatic carbocycles. The van der Waals surface area contributed by atoms with Gasteiger partial charge in [0.2, 0.25) is 0 Å². The first-order chi connectivity index (χ1) is 4.59. The van der Waals surface area contributed by atoms with E-state index in [0.717, 1.165) is 5.70 Å². The Morgan fingerprint density at radius 2 is 1.90 bits per heavy atom. The van der Waals surface area contributed by atoms with Crippen LogP contribution in [-0.2, 0) is 4.79 Å². The van der Waals surface area contributed by atoms with Crippen molar-refractivity contribution in [1.82, 2.24) is 0 Å². The summed E-state index contributed by atoms with van der Waals surface area (Å²) in [7, 11) is 0. The molecule has 0 aromatic rings. The summed E-state index contributed by atoms with van der Waals surface area (Å²) in [6.45, 7) is 5.05. The quantitative estimate of drug-likeness (QED) is 0.282. The van der Waals surface area contributed by atoms with Crippen LogP contribution in [0, 0.1) is 0 Å². The Morgan fingerprint density at radius 1 is 1.40 bits per heavy atom. The Bertz CT molecular complexity index is 194. The van der Waals surface area contributed by atoms with Gasteiger partial charge in [-0.15, -0.1) is 12.6 Å². The summed E-state index contributed by atoms with van der Waals surface area (Å²) in [6, 6.07) is 0. The Kier molecular flexibility index (Phi) is 4.03. The summed E-state index contributed by atoms with van der Waals surface area (Å²) in [6.07, 6.45) is 0. The summed E-state index contributed by atoms with van der Waals surface area (Å²) in [5.74, 6) is 0.0523. The van der Waals surface area contributed by atoms with Crippen LogP contribution in [0.25, 0.3) is 0 Å². The monoisotopic (exact) mass is 157 g/mol. The molecule has 0 aromatic heterocycles. The van der Waals surface area contributed by atoms with Crippen molar-refractivity contribution < 1.29 is 4.79 Å². The molecule has 0 spiro atoms. The normalized spacial score (nSPS) is 13.6. The van der Waals surface area contributed by atoms with E-state index in [1.807, 2.05) is 0 Å². The molecule has 0 radical (unpaired) electrons. The predicted octanol–water partition coefficient (Wildman–Crippen LogP) is 1.83. The molecular formula is C7H11NOS. The Labute approximate surface area is 66.5 Å². The fraction of sp³-hybridized carbons (Fsp3) is 0.429. The molecule has 0 saturated carbocycles. The number of carbonyl (C=O) groups excluding carboxylic acids is 1. The molecule has 0 aromatic carbocycles. The molecule has 0 rings (SSSR count). The number of aliphatic imine (C=N–C) groups is 1. The summed E-state index contributed by atoms with van der Waals surface area (Å²) < 4.78 is 0. The third-order valence-corrected chi connectivity index (χ3v) is 1.44. The minimum absolute atomic E-state index is 0.0523. The van der Waals surface area contributed by atoms with Gasteiger partial charge in [-0.3, -0.25) is 9.79 Å². The van der Waals surface area contributed by atoms with Crippen LogP contribution in [0.1, 0.15) is 20.8 Å². The van der Waals surface area contributed by atoms with Gasteiger partial charge in [0, 0.05) is 11.3 Å². The van der Waals surface area contributed by atoms with Crippen molar-refractivity contribution in [2.24, 2.45) is 4.99 Å². The lowest BCUT2D eigenvalue weighted by Crippen LogP contribution is -1.93. The molecule has 0 atom stereocenters. The van der Waals surface area contributed by atoms with E-state index in [1.165, 1.54) is 12.5 Å². The highest BCUT2D eigenvalue weighted by atomic mass is 32.1.